The third-order valence-corrected chi connectivity index (χ3v) is 7.49. The second kappa shape index (κ2) is 7.06. The molecular formula is C24H31N3O. The van der Waals surface area contributed by atoms with Crippen molar-refractivity contribution in [1.29, 1.82) is 0 Å². The fourth-order valence-electron chi connectivity index (χ4n) is 5.71. The molecule has 0 bridgehead atoms. The van der Waals surface area contributed by atoms with Gasteiger partial charge in [0.15, 0.2) is 0 Å². The van der Waals surface area contributed by atoms with E-state index in [9.17, 15) is 4.79 Å². The molecule has 28 heavy (non-hydrogen) atoms. The summed E-state index contributed by atoms with van der Waals surface area (Å²) in [6.45, 7) is 3.88. The number of amides is 1. The van der Waals surface area contributed by atoms with E-state index in [0.29, 0.717) is 17.9 Å². The van der Waals surface area contributed by atoms with Gasteiger partial charge in [0.05, 0.1) is 11.5 Å². The molecule has 2 aromatic rings. The minimum atomic E-state index is -0.295. The lowest BCUT2D eigenvalue weighted by Crippen LogP contribution is -2.44. The molecule has 1 aromatic heterocycles. The topological polar surface area (TPSA) is 38.1 Å². The van der Waals surface area contributed by atoms with Crippen LogP contribution in [0.25, 0.3) is 0 Å². The summed E-state index contributed by atoms with van der Waals surface area (Å²) in [5, 5.41) is 0. The minimum absolute atomic E-state index is 0.295. The standard InChI is InChI=1S/C24H31N3O/c1-18-16-25-22(19-8-7-9-19)27(18)21-12-15-26(17-21)23(28)24(13-5-6-14-24)20-10-3-2-4-11-20/h2-4,10-11,16,19,21H,5-9,12-15,17H2,1H3. The number of benzene rings is 1. The second-order valence-electron chi connectivity index (χ2n) is 9.10. The van der Waals surface area contributed by atoms with Crippen LogP contribution in [0.3, 0.4) is 0 Å². The monoisotopic (exact) mass is 377 g/mol. The Morgan fingerprint density at radius 2 is 1.82 bits per heavy atom. The quantitative estimate of drug-likeness (QED) is 0.771. The van der Waals surface area contributed by atoms with Crippen LogP contribution in [-0.4, -0.2) is 33.4 Å². The van der Waals surface area contributed by atoms with Gasteiger partial charge in [-0.25, -0.2) is 4.98 Å². The first kappa shape index (κ1) is 18.0. The van der Waals surface area contributed by atoms with Crippen LogP contribution in [0.5, 0.6) is 0 Å². The molecule has 3 aliphatic rings. The lowest BCUT2D eigenvalue weighted by Gasteiger charge is -2.33. The number of carbonyl (C=O) groups is 1. The summed E-state index contributed by atoms with van der Waals surface area (Å²) in [4.78, 5) is 20.7. The van der Waals surface area contributed by atoms with Gasteiger partial charge in [-0.1, -0.05) is 49.6 Å². The lowest BCUT2D eigenvalue weighted by atomic mass is 9.77. The number of aryl methyl sites for hydroxylation is 1. The molecule has 0 N–H and O–H groups in total. The maximum absolute atomic E-state index is 13.8. The molecule has 3 fully saturated rings. The van der Waals surface area contributed by atoms with Gasteiger partial charge < -0.3 is 9.47 Å². The summed E-state index contributed by atoms with van der Waals surface area (Å²) < 4.78 is 2.46. The summed E-state index contributed by atoms with van der Waals surface area (Å²) in [6, 6.07) is 10.9. The molecule has 1 unspecified atom stereocenters. The molecule has 1 aliphatic heterocycles. The number of aromatic nitrogens is 2. The Morgan fingerprint density at radius 3 is 2.50 bits per heavy atom. The molecule has 2 heterocycles. The Morgan fingerprint density at radius 1 is 1.07 bits per heavy atom. The SMILES string of the molecule is Cc1cnc(C2CCC2)n1C1CCN(C(=O)C2(c3ccccc3)CCCC2)C1. The third-order valence-electron chi connectivity index (χ3n) is 7.49. The van der Waals surface area contributed by atoms with Gasteiger partial charge in [-0.3, -0.25) is 4.79 Å². The third kappa shape index (κ3) is 2.80. The highest BCUT2D eigenvalue weighted by Crippen LogP contribution is 2.44. The van der Waals surface area contributed by atoms with Crippen LogP contribution in [0.4, 0.5) is 0 Å². The van der Waals surface area contributed by atoms with Crippen molar-refractivity contribution in [1.82, 2.24) is 14.5 Å². The van der Waals surface area contributed by atoms with Gasteiger partial charge in [0.25, 0.3) is 0 Å². The van der Waals surface area contributed by atoms with Crippen molar-refractivity contribution in [2.45, 2.75) is 75.7 Å². The molecule has 1 amide bonds. The average Bonchev–Trinajstić information content (AvgIpc) is 3.41. The Bertz CT molecular complexity index is 846. The maximum Gasteiger partial charge on any atom is 0.233 e. The van der Waals surface area contributed by atoms with E-state index >= 15 is 0 Å². The summed E-state index contributed by atoms with van der Waals surface area (Å²) in [5.41, 5.74) is 2.17. The van der Waals surface area contributed by atoms with Crippen molar-refractivity contribution < 1.29 is 4.79 Å². The maximum atomic E-state index is 13.8. The van der Waals surface area contributed by atoms with Gasteiger partial charge in [0.1, 0.15) is 5.82 Å². The number of nitrogens with zero attached hydrogens (tertiary/aromatic N) is 3. The number of likely N-dealkylation sites (tertiary alicyclic amines) is 1. The number of hydrogen-bond donors (Lipinski definition) is 0. The summed E-state index contributed by atoms with van der Waals surface area (Å²) in [5.74, 6) is 2.26. The van der Waals surface area contributed by atoms with Crippen LogP contribution in [0, 0.1) is 6.92 Å². The highest BCUT2D eigenvalue weighted by molar-refractivity contribution is 5.89. The van der Waals surface area contributed by atoms with E-state index in [2.05, 4.69) is 40.7 Å². The van der Waals surface area contributed by atoms with Crippen molar-refractivity contribution in [3.05, 3.63) is 53.6 Å². The Hall–Kier alpha value is -2.10. The van der Waals surface area contributed by atoms with Gasteiger partial charge >= 0.3 is 0 Å². The molecule has 2 saturated carbocycles. The number of hydrogen-bond acceptors (Lipinski definition) is 2. The van der Waals surface area contributed by atoms with Crippen molar-refractivity contribution in [2.75, 3.05) is 13.1 Å². The largest absolute Gasteiger partial charge is 0.340 e. The van der Waals surface area contributed by atoms with Gasteiger partial charge in [-0.15, -0.1) is 0 Å². The van der Waals surface area contributed by atoms with Crippen LogP contribution in [-0.2, 0) is 10.2 Å². The molecule has 4 nitrogen and oxygen atoms in total. The molecule has 148 valence electrons. The first-order valence-corrected chi connectivity index (χ1v) is 11.1. The molecule has 5 rings (SSSR count). The smallest absolute Gasteiger partial charge is 0.233 e. The zero-order valence-electron chi connectivity index (χ0n) is 16.9. The van der Waals surface area contributed by atoms with E-state index in [0.717, 1.165) is 45.2 Å². The number of carbonyl (C=O) groups excluding carboxylic acids is 1. The van der Waals surface area contributed by atoms with E-state index in [1.54, 1.807) is 0 Å². The fourth-order valence-corrected chi connectivity index (χ4v) is 5.71. The van der Waals surface area contributed by atoms with E-state index < -0.39 is 0 Å². The van der Waals surface area contributed by atoms with Crippen LogP contribution in [0.15, 0.2) is 36.5 Å². The van der Waals surface area contributed by atoms with E-state index in [4.69, 9.17) is 4.98 Å². The predicted molar refractivity (Wildman–Crippen MR) is 110 cm³/mol. The molecule has 0 radical (unpaired) electrons. The Balaban J connectivity index is 1.39. The molecule has 1 saturated heterocycles. The van der Waals surface area contributed by atoms with Gasteiger partial charge in [-0.05, 0) is 44.6 Å². The van der Waals surface area contributed by atoms with E-state index in [-0.39, 0.29) is 5.41 Å². The number of imidazole rings is 1. The van der Waals surface area contributed by atoms with Crippen molar-refractivity contribution in [3.63, 3.8) is 0 Å². The van der Waals surface area contributed by atoms with Crippen LogP contribution in [0.2, 0.25) is 0 Å². The van der Waals surface area contributed by atoms with Gasteiger partial charge in [0.2, 0.25) is 5.91 Å². The molecule has 0 spiro atoms. The molecule has 4 heteroatoms. The Labute approximate surface area is 168 Å². The zero-order valence-corrected chi connectivity index (χ0v) is 16.9. The Kier molecular flexibility index (Phi) is 4.53. The second-order valence-corrected chi connectivity index (χ2v) is 9.10. The highest BCUT2D eigenvalue weighted by Gasteiger charge is 2.46. The lowest BCUT2D eigenvalue weighted by molar-refractivity contribution is -0.136. The van der Waals surface area contributed by atoms with Gasteiger partial charge in [-0.2, -0.15) is 0 Å². The highest BCUT2D eigenvalue weighted by atomic mass is 16.2. The first-order valence-electron chi connectivity index (χ1n) is 11.1. The van der Waals surface area contributed by atoms with Crippen LogP contribution >= 0.6 is 0 Å². The fraction of sp³-hybridized carbons (Fsp3) is 0.583. The molecular weight excluding hydrogens is 346 g/mol. The van der Waals surface area contributed by atoms with Crippen molar-refractivity contribution in [2.24, 2.45) is 0 Å². The minimum Gasteiger partial charge on any atom is -0.340 e. The summed E-state index contributed by atoms with van der Waals surface area (Å²) in [6.07, 6.45) is 11.2. The van der Waals surface area contributed by atoms with Crippen molar-refractivity contribution >= 4 is 5.91 Å². The summed E-state index contributed by atoms with van der Waals surface area (Å²) >= 11 is 0. The van der Waals surface area contributed by atoms with E-state index in [1.807, 2.05) is 12.3 Å². The van der Waals surface area contributed by atoms with E-state index in [1.165, 1.54) is 36.3 Å². The van der Waals surface area contributed by atoms with Gasteiger partial charge in [0, 0.05) is 30.9 Å². The predicted octanol–water partition coefficient (Wildman–Crippen LogP) is 4.74. The molecule has 1 aromatic carbocycles. The summed E-state index contributed by atoms with van der Waals surface area (Å²) in [7, 11) is 0. The molecule has 2 aliphatic carbocycles. The molecule has 1 atom stereocenters. The van der Waals surface area contributed by atoms with Crippen LogP contribution < -0.4 is 0 Å². The first-order chi connectivity index (χ1) is 13.7. The number of rotatable bonds is 4. The normalized spacial score (nSPS) is 24.5. The van der Waals surface area contributed by atoms with Crippen molar-refractivity contribution in [3.8, 4) is 0 Å². The average molecular weight is 378 g/mol. The zero-order chi connectivity index (χ0) is 19.1. The van der Waals surface area contributed by atoms with Crippen LogP contribution in [0.1, 0.15) is 80.4 Å².